The van der Waals surface area contributed by atoms with Crippen molar-refractivity contribution in [3.05, 3.63) is 28.8 Å². The van der Waals surface area contributed by atoms with Gasteiger partial charge < -0.3 is 5.11 Å². The van der Waals surface area contributed by atoms with Crippen LogP contribution in [0, 0.1) is 18.3 Å². The van der Waals surface area contributed by atoms with Gasteiger partial charge in [0.05, 0.1) is 23.1 Å². The molecule has 0 aliphatic rings. The fraction of sp³-hybridized carbons (Fsp3) is 0.200. The van der Waals surface area contributed by atoms with Gasteiger partial charge in [0.1, 0.15) is 5.75 Å². The molecule has 1 aromatic carbocycles. The molecule has 0 spiro atoms. The van der Waals surface area contributed by atoms with Gasteiger partial charge >= 0.3 is 0 Å². The van der Waals surface area contributed by atoms with Gasteiger partial charge in [-0.1, -0.05) is 0 Å². The fourth-order valence-electron chi connectivity index (χ4n) is 1.13. The minimum absolute atomic E-state index is 0.102. The number of carbonyl (C=O) groups excluding carboxylic acids is 1. The van der Waals surface area contributed by atoms with Crippen molar-refractivity contribution in [3.8, 4) is 11.8 Å². The molecule has 0 saturated carbocycles. The van der Waals surface area contributed by atoms with Gasteiger partial charge in [-0.2, -0.15) is 5.26 Å². The van der Waals surface area contributed by atoms with E-state index in [1.807, 2.05) is 6.07 Å². The standard InChI is InChI=1S/C10H8ClNO2/c1-6-2-7(5-12)3-8(10(6)14)9(13)4-11/h2-3,14H,4H2,1H3. The van der Waals surface area contributed by atoms with Gasteiger partial charge in [0.25, 0.3) is 0 Å². The van der Waals surface area contributed by atoms with Gasteiger partial charge in [-0.3, -0.25) is 4.79 Å². The number of aromatic hydroxyl groups is 1. The highest BCUT2D eigenvalue weighted by Gasteiger charge is 2.13. The first kappa shape index (κ1) is 10.6. The maximum Gasteiger partial charge on any atom is 0.181 e. The number of phenols is 1. The lowest BCUT2D eigenvalue weighted by molar-refractivity contribution is 0.101. The number of Topliss-reactive ketones (excluding diaryl/α,β-unsaturated/α-hetero) is 1. The SMILES string of the molecule is Cc1cc(C#N)cc(C(=O)CCl)c1O. The number of hydrogen-bond acceptors (Lipinski definition) is 3. The van der Waals surface area contributed by atoms with Crippen LogP contribution in [0.15, 0.2) is 12.1 Å². The van der Waals surface area contributed by atoms with E-state index in [0.29, 0.717) is 11.1 Å². The maximum atomic E-state index is 11.3. The molecule has 72 valence electrons. The van der Waals surface area contributed by atoms with E-state index < -0.39 is 0 Å². The predicted molar refractivity (Wildman–Crippen MR) is 52.6 cm³/mol. The molecular formula is C10H8ClNO2. The Bertz CT molecular complexity index is 421. The molecule has 4 heteroatoms. The molecule has 0 saturated heterocycles. The van der Waals surface area contributed by atoms with Crippen LogP contribution in [-0.2, 0) is 0 Å². The second-order valence-electron chi connectivity index (χ2n) is 2.86. The molecule has 0 aliphatic carbocycles. The summed E-state index contributed by atoms with van der Waals surface area (Å²) in [6.07, 6.45) is 0. The van der Waals surface area contributed by atoms with Crippen molar-refractivity contribution in [1.82, 2.24) is 0 Å². The largest absolute Gasteiger partial charge is 0.507 e. The minimum atomic E-state index is -0.385. The van der Waals surface area contributed by atoms with E-state index >= 15 is 0 Å². The number of rotatable bonds is 2. The first-order chi connectivity index (χ1) is 6.60. The Kier molecular flexibility index (Phi) is 3.10. The minimum Gasteiger partial charge on any atom is -0.507 e. The van der Waals surface area contributed by atoms with E-state index in [0.717, 1.165) is 0 Å². The lowest BCUT2D eigenvalue weighted by atomic mass is 10.0. The average Bonchev–Trinajstić information content (AvgIpc) is 2.20. The topological polar surface area (TPSA) is 61.1 Å². The summed E-state index contributed by atoms with van der Waals surface area (Å²) in [5.41, 5.74) is 0.947. The lowest BCUT2D eigenvalue weighted by Crippen LogP contribution is -2.02. The number of ketones is 1. The second kappa shape index (κ2) is 4.12. The molecule has 0 aliphatic heterocycles. The number of hydrogen-bond donors (Lipinski definition) is 1. The van der Waals surface area contributed by atoms with E-state index in [-0.39, 0.29) is 23.0 Å². The lowest BCUT2D eigenvalue weighted by Gasteiger charge is -2.05. The fourth-order valence-corrected chi connectivity index (χ4v) is 1.27. The van der Waals surface area contributed by atoms with E-state index in [9.17, 15) is 9.90 Å². The van der Waals surface area contributed by atoms with Gasteiger partial charge in [-0.05, 0) is 24.6 Å². The van der Waals surface area contributed by atoms with Crippen molar-refractivity contribution in [2.45, 2.75) is 6.92 Å². The smallest absolute Gasteiger partial charge is 0.181 e. The van der Waals surface area contributed by atoms with Crippen LogP contribution in [0.2, 0.25) is 0 Å². The Morgan fingerprint density at radius 1 is 1.64 bits per heavy atom. The Morgan fingerprint density at radius 2 is 2.29 bits per heavy atom. The summed E-state index contributed by atoms with van der Waals surface area (Å²) in [6, 6.07) is 4.76. The Labute approximate surface area is 86.5 Å². The van der Waals surface area contributed by atoms with Crippen molar-refractivity contribution >= 4 is 17.4 Å². The van der Waals surface area contributed by atoms with Crippen molar-refractivity contribution < 1.29 is 9.90 Å². The summed E-state index contributed by atoms with van der Waals surface area (Å²) >= 11 is 5.36. The van der Waals surface area contributed by atoms with Gasteiger partial charge in [0, 0.05) is 0 Å². The summed E-state index contributed by atoms with van der Waals surface area (Å²) in [5, 5.41) is 18.2. The summed E-state index contributed by atoms with van der Waals surface area (Å²) in [6.45, 7) is 1.63. The summed E-state index contributed by atoms with van der Waals surface area (Å²) in [7, 11) is 0. The number of carbonyl (C=O) groups is 1. The number of aryl methyl sites for hydroxylation is 1. The van der Waals surface area contributed by atoms with Crippen molar-refractivity contribution in [2.24, 2.45) is 0 Å². The highest BCUT2D eigenvalue weighted by atomic mass is 35.5. The molecule has 0 heterocycles. The molecule has 3 nitrogen and oxygen atoms in total. The number of phenolic OH excluding ortho intramolecular Hbond substituents is 1. The molecule has 1 N–H and O–H groups in total. The molecule has 0 aromatic heterocycles. The van der Waals surface area contributed by atoms with Crippen LogP contribution in [-0.4, -0.2) is 16.8 Å². The first-order valence-corrected chi connectivity index (χ1v) is 4.46. The number of nitrogens with zero attached hydrogens (tertiary/aromatic N) is 1. The molecule has 0 fully saturated rings. The Hall–Kier alpha value is -1.53. The molecule has 1 aromatic rings. The summed E-state index contributed by atoms with van der Waals surface area (Å²) < 4.78 is 0. The molecule has 0 radical (unpaired) electrons. The average molecular weight is 210 g/mol. The van der Waals surface area contributed by atoms with Gasteiger partial charge in [0.2, 0.25) is 0 Å². The van der Waals surface area contributed by atoms with Crippen molar-refractivity contribution in [2.75, 3.05) is 5.88 Å². The van der Waals surface area contributed by atoms with Crippen LogP contribution >= 0.6 is 11.6 Å². The molecule has 0 amide bonds. The van der Waals surface area contributed by atoms with Crippen LogP contribution in [0.1, 0.15) is 21.5 Å². The Balaban J connectivity index is 3.36. The first-order valence-electron chi connectivity index (χ1n) is 3.93. The zero-order chi connectivity index (χ0) is 10.7. The molecular weight excluding hydrogens is 202 g/mol. The molecule has 0 unspecified atom stereocenters. The maximum absolute atomic E-state index is 11.3. The van der Waals surface area contributed by atoms with Crippen LogP contribution in [0.25, 0.3) is 0 Å². The Morgan fingerprint density at radius 3 is 2.79 bits per heavy atom. The molecule has 1 rings (SSSR count). The van der Waals surface area contributed by atoms with Crippen molar-refractivity contribution in [1.29, 1.82) is 5.26 Å². The zero-order valence-electron chi connectivity index (χ0n) is 7.54. The van der Waals surface area contributed by atoms with Crippen LogP contribution < -0.4 is 0 Å². The van der Waals surface area contributed by atoms with Crippen LogP contribution in [0.5, 0.6) is 5.75 Å². The van der Waals surface area contributed by atoms with E-state index in [2.05, 4.69) is 0 Å². The normalized spacial score (nSPS) is 9.50. The second-order valence-corrected chi connectivity index (χ2v) is 3.13. The van der Waals surface area contributed by atoms with Gasteiger partial charge in [-0.25, -0.2) is 0 Å². The highest BCUT2D eigenvalue weighted by Crippen LogP contribution is 2.24. The summed E-state index contributed by atoms with van der Waals surface area (Å²) in [5.74, 6) is -0.693. The van der Waals surface area contributed by atoms with Gasteiger partial charge in [-0.15, -0.1) is 11.6 Å². The highest BCUT2D eigenvalue weighted by molar-refractivity contribution is 6.30. The quantitative estimate of drug-likeness (QED) is 0.599. The van der Waals surface area contributed by atoms with E-state index in [4.69, 9.17) is 16.9 Å². The number of halogens is 1. The summed E-state index contributed by atoms with van der Waals surface area (Å²) in [4.78, 5) is 11.3. The van der Waals surface area contributed by atoms with Gasteiger partial charge in [0.15, 0.2) is 5.78 Å². The number of benzene rings is 1. The molecule has 0 bridgehead atoms. The van der Waals surface area contributed by atoms with Crippen LogP contribution in [0.4, 0.5) is 0 Å². The van der Waals surface area contributed by atoms with Crippen LogP contribution in [0.3, 0.4) is 0 Å². The zero-order valence-corrected chi connectivity index (χ0v) is 8.30. The van der Waals surface area contributed by atoms with E-state index in [1.54, 1.807) is 6.92 Å². The monoisotopic (exact) mass is 209 g/mol. The molecule has 14 heavy (non-hydrogen) atoms. The third-order valence-corrected chi connectivity index (χ3v) is 2.09. The number of alkyl halides is 1. The van der Waals surface area contributed by atoms with E-state index in [1.165, 1.54) is 12.1 Å². The predicted octanol–water partition coefficient (Wildman–Crippen LogP) is 1.99. The molecule has 0 atom stereocenters. The number of nitriles is 1. The third-order valence-electron chi connectivity index (χ3n) is 1.85. The third kappa shape index (κ3) is 1.86. The van der Waals surface area contributed by atoms with Crippen molar-refractivity contribution in [3.63, 3.8) is 0 Å².